The Hall–Kier alpha value is -2.21. The molecule has 0 aliphatic heterocycles. The summed E-state index contributed by atoms with van der Waals surface area (Å²) in [6.07, 6.45) is -0.00764. The fourth-order valence-corrected chi connectivity index (χ4v) is 2.32. The number of hydrogen-bond donors (Lipinski definition) is 1. The summed E-state index contributed by atoms with van der Waals surface area (Å²) < 4.78 is 29.8. The first-order valence-electron chi connectivity index (χ1n) is 6.83. The van der Waals surface area contributed by atoms with E-state index in [4.69, 9.17) is 5.11 Å². The van der Waals surface area contributed by atoms with Crippen LogP contribution in [0.15, 0.2) is 36.4 Å². The summed E-state index contributed by atoms with van der Waals surface area (Å²) in [5, 5.41) is 10.5. The van der Waals surface area contributed by atoms with E-state index in [1.807, 2.05) is 24.3 Å². The van der Waals surface area contributed by atoms with Crippen LogP contribution in [0.5, 0.6) is 5.75 Å². The lowest BCUT2D eigenvalue weighted by Crippen LogP contribution is -2.22. The van der Waals surface area contributed by atoms with Crippen LogP contribution in [0.3, 0.4) is 0 Å². The zero-order chi connectivity index (χ0) is 16.1. The van der Waals surface area contributed by atoms with Crippen LogP contribution in [-0.2, 0) is 11.3 Å². The molecule has 0 radical (unpaired) electrons. The van der Waals surface area contributed by atoms with Gasteiger partial charge < -0.3 is 14.7 Å². The Kier molecular flexibility index (Phi) is 5.27. The molecule has 0 aliphatic rings. The predicted octanol–water partition coefficient (Wildman–Crippen LogP) is 3.35. The molecule has 0 bridgehead atoms. The van der Waals surface area contributed by atoms with Gasteiger partial charge in [-0.15, -0.1) is 0 Å². The smallest absolute Gasteiger partial charge is 0.387 e. The van der Waals surface area contributed by atoms with Gasteiger partial charge in [0.2, 0.25) is 0 Å². The van der Waals surface area contributed by atoms with Crippen LogP contribution in [0, 0.1) is 0 Å². The SMILES string of the molecule is CN(CCC(=O)O)Cc1c(OC(F)F)ccc2ccccc12. The van der Waals surface area contributed by atoms with Crippen molar-refractivity contribution in [1.82, 2.24) is 4.90 Å². The van der Waals surface area contributed by atoms with Gasteiger partial charge in [-0.05, 0) is 23.9 Å². The first-order valence-corrected chi connectivity index (χ1v) is 6.83. The summed E-state index contributed by atoms with van der Waals surface area (Å²) in [6.45, 7) is -2.24. The van der Waals surface area contributed by atoms with Gasteiger partial charge in [-0.25, -0.2) is 0 Å². The fourth-order valence-electron chi connectivity index (χ4n) is 2.32. The molecule has 22 heavy (non-hydrogen) atoms. The van der Waals surface area contributed by atoms with Gasteiger partial charge in [-0.3, -0.25) is 4.79 Å². The van der Waals surface area contributed by atoms with Crippen molar-refractivity contribution in [2.45, 2.75) is 19.6 Å². The number of fused-ring (bicyclic) bond motifs is 1. The number of carboxylic acids is 1. The molecule has 4 nitrogen and oxygen atoms in total. The molecule has 2 aromatic rings. The van der Waals surface area contributed by atoms with Crippen molar-refractivity contribution < 1.29 is 23.4 Å². The van der Waals surface area contributed by atoms with E-state index in [9.17, 15) is 13.6 Å². The molecule has 118 valence electrons. The van der Waals surface area contributed by atoms with Crippen LogP contribution in [0.4, 0.5) is 8.78 Å². The molecule has 0 aliphatic carbocycles. The number of aliphatic carboxylic acids is 1. The van der Waals surface area contributed by atoms with Gasteiger partial charge in [0.15, 0.2) is 0 Å². The van der Waals surface area contributed by atoms with Crippen LogP contribution in [-0.4, -0.2) is 36.2 Å². The highest BCUT2D eigenvalue weighted by molar-refractivity contribution is 5.87. The number of carbonyl (C=O) groups is 1. The number of rotatable bonds is 7. The van der Waals surface area contributed by atoms with Crippen molar-refractivity contribution in [2.24, 2.45) is 0 Å². The number of carboxylic acid groups (broad SMARTS) is 1. The van der Waals surface area contributed by atoms with Crippen molar-refractivity contribution in [2.75, 3.05) is 13.6 Å². The topological polar surface area (TPSA) is 49.8 Å². The maximum absolute atomic E-state index is 12.6. The summed E-state index contributed by atoms with van der Waals surface area (Å²) in [5.41, 5.74) is 0.631. The molecular weight excluding hydrogens is 292 g/mol. The van der Waals surface area contributed by atoms with E-state index in [1.165, 1.54) is 6.07 Å². The highest BCUT2D eigenvalue weighted by atomic mass is 19.3. The molecule has 0 unspecified atom stereocenters. The molecule has 6 heteroatoms. The minimum Gasteiger partial charge on any atom is -0.481 e. The second-order valence-corrected chi connectivity index (χ2v) is 5.02. The first kappa shape index (κ1) is 16.2. The molecule has 0 amide bonds. The van der Waals surface area contributed by atoms with Gasteiger partial charge in [0.05, 0.1) is 6.42 Å². The third kappa shape index (κ3) is 4.14. The fraction of sp³-hybridized carbons (Fsp3) is 0.312. The van der Waals surface area contributed by atoms with E-state index < -0.39 is 12.6 Å². The van der Waals surface area contributed by atoms with Crippen molar-refractivity contribution in [3.05, 3.63) is 42.0 Å². The predicted molar refractivity (Wildman–Crippen MR) is 79.2 cm³/mol. The molecule has 0 aromatic heterocycles. The molecular formula is C16H17F2NO3. The van der Waals surface area contributed by atoms with Crippen LogP contribution >= 0.6 is 0 Å². The van der Waals surface area contributed by atoms with Crippen molar-refractivity contribution in [3.8, 4) is 5.75 Å². The van der Waals surface area contributed by atoms with E-state index in [2.05, 4.69) is 4.74 Å². The quantitative estimate of drug-likeness (QED) is 0.852. The molecule has 0 atom stereocenters. The van der Waals surface area contributed by atoms with Gasteiger partial charge in [0.25, 0.3) is 0 Å². The third-order valence-corrected chi connectivity index (χ3v) is 3.35. The molecule has 2 rings (SSSR count). The highest BCUT2D eigenvalue weighted by Gasteiger charge is 2.15. The van der Waals surface area contributed by atoms with E-state index in [0.29, 0.717) is 18.7 Å². The van der Waals surface area contributed by atoms with Gasteiger partial charge in [-0.1, -0.05) is 30.3 Å². The van der Waals surface area contributed by atoms with E-state index in [1.54, 1.807) is 18.0 Å². The van der Waals surface area contributed by atoms with Gasteiger partial charge in [-0.2, -0.15) is 8.78 Å². The van der Waals surface area contributed by atoms with E-state index >= 15 is 0 Å². The van der Waals surface area contributed by atoms with Gasteiger partial charge >= 0.3 is 12.6 Å². The average molecular weight is 309 g/mol. The van der Waals surface area contributed by atoms with Gasteiger partial charge in [0.1, 0.15) is 5.75 Å². The second-order valence-electron chi connectivity index (χ2n) is 5.02. The lowest BCUT2D eigenvalue weighted by molar-refractivity contribution is -0.137. The van der Waals surface area contributed by atoms with E-state index in [-0.39, 0.29) is 12.2 Å². The molecule has 0 heterocycles. The number of alkyl halides is 2. The number of ether oxygens (including phenoxy) is 1. The summed E-state index contributed by atoms with van der Waals surface area (Å²) in [6, 6.07) is 10.7. The molecule has 0 saturated heterocycles. The summed E-state index contributed by atoms with van der Waals surface area (Å²) in [4.78, 5) is 12.4. The first-order chi connectivity index (χ1) is 10.5. The lowest BCUT2D eigenvalue weighted by Gasteiger charge is -2.20. The Bertz CT molecular complexity index is 661. The molecule has 1 N–H and O–H groups in total. The maximum atomic E-state index is 12.6. The molecule has 0 spiro atoms. The minimum atomic E-state index is -2.90. The maximum Gasteiger partial charge on any atom is 0.387 e. The van der Waals surface area contributed by atoms with Crippen LogP contribution in [0.1, 0.15) is 12.0 Å². The monoisotopic (exact) mass is 309 g/mol. The van der Waals surface area contributed by atoms with Crippen LogP contribution in [0.2, 0.25) is 0 Å². The van der Waals surface area contributed by atoms with Crippen LogP contribution in [0.25, 0.3) is 10.8 Å². The Morgan fingerprint density at radius 1 is 1.27 bits per heavy atom. The standard InChI is InChI=1S/C16H17F2NO3/c1-19(9-8-15(20)21)10-13-12-5-3-2-4-11(12)6-7-14(13)22-16(17)18/h2-7,16H,8-10H2,1H3,(H,20,21). The Labute approximate surface area is 126 Å². The number of halogens is 2. The van der Waals surface area contributed by atoms with Crippen molar-refractivity contribution in [1.29, 1.82) is 0 Å². The largest absolute Gasteiger partial charge is 0.481 e. The van der Waals surface area contributed by atoms with Crippen LogP contribution < -0.4 is 4.74 Å². The zero-order valence-electron chi connectivity index (χ0n) is 12.1. The van der Waals surface area contributed by atoms with Gasteiger partial charge in [0, 0.05) is 18.7 Å². The summed E-state index contributed by atoms with van der Waals surface area (Å²) in [7, 11) is 1.75. The number of hydrogen-bond acceptors (Lipinski definition) is 3. The van der Waals surface area contributed by atoms with E-state index in [0.717, 1.165) is 10.8 Å². The second kappa shape index (κ2) is 7.17. The lowest BCUT2D eigenvalue weighted by atomic mass is 10.0. The molecule has 0 fully saturated rings. The average Bonchev–Trinajstić information content (AvgIpc) is 2.47. The summed E-state index contributed by atoms with van der Waals surface area (Å²) >= 11 is 0. The summed E-state index contributed by atoms with van der Waals surface area (Å²) in [5.74, 6) is -0.773. The Morgan fingerprint density at radius 2 is 2.00 bits per heavy atom. The van der Waals surface area contributed by atoms with Crippen molar-refractivity contribution >= 4 is 16.7 Å². The number of nitrogens with zero attached hydrogens (tertiary/aromatic N) is 1. The normalized spacial score (nSPS) is 11.3. The van der Waals surface area contributed by atoms with Crippen molar-refractivity contribution in [3.63, 3.8) is 0 Å². The molecule has 2 aromatic carbocycles. The minimum absolute atomic E-state index is 0.00764. The molecule has 0 saturated carbocycles. The number of benzene rings is 2. The zero-order valence-corrected chi connectivity index (χ0v) is 12.1. The Balaban J connectivity index is 2.32. The highest BCUT2D eigenvalue weighted by Crippen LogP contribution is 2.30. The Morgan fingerprint density at radius 3 is 2.68 bits per heavy atom. The third-order valence-electron chi connectivity index (χ3n) is 3.35.